The van der Waals surface area contributed by atoms with Crippen LogP contribution in [0.1, 0.15) is 38.1 Å². The van der Waals surface area contributed by atoms with E-state index in [1.807, 2.05) is 66.7 Å². The molecule has 4 aromatic rings. The van der Waals surface area contributed by atoms with Crippen LogP contribution < -0.4 is 4.74 Å². The van der Waals surface area contributed by atoms with Crippen LogP contribution in [0.5, 0.6) is 5.75 Å². The van der Waals surface area contributed by atoms with E-state index in [4.69, 9.17) is 9.84 Å². The van der Waals surface area contributed by atoms with Gasteiger partial charge in [0.15, 0.2) is 0 Å². The molecule has 0 atom stereocenters. The molecule has 0 amide bonds. The molecule has 0 unspecified atom stereocenters. The predicted molar refractivity (Wildman–Crippen MR) is 144 cm³/mol. The first kappa shape index (κ1) is 25.6. The molecule has 1 N–H and O–H groups in total. The quantitative estimate of drug-likeness (QED) is 0.255. The molecule has 1 heterocycles. The number of aliphatic carboxylic acids is 1. The number of carboxylic acids is 1. The highest BCUT2D eigenvalue weighted by atomic mass is 32.1. The first-order valence-electron chi connectivity index (χ1n) is 11.6. The lowest BCUT2D eigenvalue weighted by Crippen LogP contribution is -2.13. The van der Waals surface area contributed by atoms with E-state index >= 15 is 0 Å². The Labute approximate surface area is 213 Å². The van der Waals surface area contributed by atoms with Crippen molar-refractivity contribution < 1.29 is 23.4 Å². The number of allylic oxidation sites excluding steroid dienone is 1. The van der Waals surface area contributed by atoms with Crippen LogP contribution in [0.2, 0.25) is 0 Å². The van der Waals surface area contributed by atoms with Crippen molar-refractivity contribution in [3.05, 3.63) is 83.2 Å². The largest absolute Gasteiger partial charge is 0.486 e. The van der Waals surface area contributed by atoms with Crippen LogP contribution in [-0.4, -0.2) is 24.1 Å². The third-order valence-electron chi connectivity index (χ3n) is 5.95. The lowest BCUT2D eigenvalue weighted by atomic mass is 9.82. The molecule has 1 aromatic heterocycles. The van der Waals surface area contributed by atoms with Crippen LogP contribution in [0.4, 0.5) is 8.78 Å². The Kier molecular flexibility index (Phi) is 7.27. The summed E-state index contributed by atoms with van der Waals surface area (Å²) in [4.78, 5) is 12.0. The molecule has 3 nitrogen and oxygen atoms in total. The fourth-order valence-electron chi connectivity index (χ4n) is 4.07. The highest BCUT2D eigenvalue weighted by molar-refractivity contribution is 7.20. The van der Waals surface area contributed by atoms with Crippen molar-refractivity contribution in [1.82, 2.24) is 0 Å². The number of thiophene rings is 1. The van der Waals surface area contributed by atoms with Gasteiger partial charge in [0.25, 0.3) is 6.43 Å². The number of fused-ring (bicyclic) bond motifs is 1. The van der Waals surface area contributed by atoms with Gasteiger partial charge >= 0.3 is 5.97 Å². The van der Waals surface area contributed by atoms with Crippen molar-refractivity contribution >= 4 is 33.0 Å². The molecule has 0 saturated carbocycles. The minimum atomic E-state index is -2.60. The molecule has 0 aliphatic rings. The van der Waals surface area contributed by atoms with Crippen LogP contribution in [0.3, 0.4) is 0 Å². The zero-order valence-electron chi connectivity index (χ0n) is 20.6. The van der Waals surface area contributed by atoms with E-state index < -0.39 is 19.0 Å². The normalized spacial score (nSPS) is 12.4. The summed E-state index contributed by atoms with van der Waals surface area (Å²) in [6.07, 6.45) is -1.41. The van der Waals surface area contributed by atoms with Crippen molar-refractivity contribution in [2.75, 3.05) is 6.61 Å². The molecule has 6 heteroatoms. The summed E-state index contributed by atoms with van der Waals surface area (Å²) < 4.78 is 33.3. The number of hydrogen-bond donors (Lipinski definition) is 1. The van der Waals surface area contributed by atoms with Crippen LogP contribution in [0, 0.1) is 0 Å². The number of ether oxygens (including phenoxy) is 1. The topological polar surface area (TPSA) is 46.5 Å². The standard InChI is InChI=1S/C30H28F2O3S/c1-18(12-28(33)34)26-14-21-13-20(10-11-25(21)36-26)24-16-22(30(2,3)4)15-23(19-8-6-5-7-9-19)29(24)35-17-27(31)32/h5-16,27H,17H2,1-4H3,(H,33,34)/b18-12+. The van der Waals surface area contributed by atoms with E-state index in [1.54, 1.807) is 6.92 Å². The molecule has 3 aromatic carbocycles. The summed E-state index contributed by atoms with van der Waals surface area (Å²) in [6, 6.07) is 21.6. The smallest absolute Gasteiger partial charge is 0.328 e. The fourth-order valence-corrected chi connectivity index (χ4v) is 5.09. The maximum absolute atomic E-state index is 13.3. The second-order valence-corrected chi connectivity index (χ2v) is 10.8. The number of carboxylic acid groups (broad SMARTS) is 1. The lowest BCUT2D eigenvalue weighted by molar-refractivity contribution is -0.131. The summed E-state index contributed by atoms with van der Waals surface area (Å²) in [7, 11) is 0. The average molecular weight is 507 g/mol. The summed E-state index contributed by atoms with van der Waals surface area (Å²) in [5.74, 6) is -0.565. The molecule has 0 aliphatic carbocycles. The van der Waals surface area contributed by atoms with Crippen molar-refractivity contribution in [3.63, 3.8) is 0 Å². The molecule has 0 bridgehead atoms. The molecule has 4 rings (SSSR count). The second-order valence-electron chi connectivity index (χ2n) is 9.75. The first-order chi connectivity index (χ1) is 17.0. The Balaban J connectivity index is 1.94. The number of benzene rings is 3. The Morgan fingerprint density at radius 1 is 1.00 bits per heavy atom. The van der Waals surface area contributed by atoms with Gasteiger partial charge < -0.3 is 9.84 Å². The van der Waals surface area contributed by atoms with Gasteiger partial charge in [-0.05, 0) is 70.3 Å². The Hall–Kier alpha value is -3.51. The van der Waals surface area contributed by atoms with Gasteiger partial charge in [0.2, 0.25) is 0 Å². The minimum absolute atomic E-state index is 0.183. The van der Waals surface area contributed by atoms with E-state index in [1.165, 1.54) is 17.4 Å². The zero-order valence-corrected chi connectivity index (χ0v) is 21.5. The second kappa shape index (κ2) is 10.2. The van der Waals surface area contributed by atoms with Crippen LogP contribution in [0.25, 0.3) is 37.9 Å². The monoisotopic (exact) mass is 506 g/mol. The summed E-state index contributed by atoms with van der Waals surface area (Å²) in [6.45, 7) is 7.42. The van der Waals surface area contributed by atoms with Gasteiger partial charge in [-0.3, -0.25) is 0 Å². The van der Waals surface area contributed by atoms with E-state index in [-0.39, 0.29) is 5.41 Å². The van der Waals surface area contributed by atoms with E-state index in [0.29, 0.717) is 11.3 Å². The Morgan fingerprint density at radius 2 is 1.67 bits per heavy atom. The zero-order chi connectivity index (χ0) is 26.0. The van der Waals surface area contributed by atoms with Crippen molar-refractivity contribution in [3.8, 4) is 28.0 Å². The van der Waals surface area contributed by atoms with Crippen LogP contribution in [-0.2, 0) is 10.2 Å². The molecule has 36 heavy (non-hydrogen) atoms. The van der Waals surface area contributed by atoms with Gasteiger partial charge in [0.05, 0.1) is 0 Å². The third kappa shape index (κ3) is 5.65. The highest BCUT2D eigenvalue weighted by Crippen LogP contribution is 2.44. The number of alkyl halides is 2. The van der Waals surface area contributed by atoms with E-state index in [0.717, 1.165) is 42.8 Å². The van der Waals surface area contributed by atoms with Crippen molar-refractivity contribution in [2.24, 2.45) is 0 Å². The molecular weight excluding hydrogens is 478 g/mol. The van der Waals surface area contributed by atoms with E-state index in [2.05, 4.69) is 20.8 Å². The van der Waals surface area contributed by atoms with Gasteiger partial charge in [-0.1, -0.05) is 57.2 Å². The van der Waals surface area contributed by atoms with Crippen LogP contribution in [0.15, 0.2) is 72.8 Å². The van der Waals surface area contributed by atoms with Gasteiger partial charge in [-0.25, -0.2) is 13.6 Å². The molecular formula is C30H28F2O3S. The number of rotatable bonds is 7. The van der Waals surface area contributed by atoms with Gasteiger partial charge in [0, 0.05) is 26.8 Å². The molecule has 186 valence electrons. The SMILES string of the molecule is C/C(=C\C(=O)O)c1cc2cc(-c3cc(C(C)(C)C)cc(-c4ccccc4)c3OCC(F)F)ccc2s1. The third-order valence-corrected chi connectivity index (χ3v) is 7.20. The maximum atomic E-state index is 13.3. The molecule has 0 fully saturated rings. The fraction of sp³-hybridized carbons (Fsp3) is 0.233. The Bertz CT molecular complexity index is 1430. The van der Waals surface area contributed by atoms with Gasteiger partial charge in [-0.15, -0.1) is 11.3 Å². The molecule has 0 aliphatic heterocycles. The van der Waals surface area contributed by atoms with Crippen molar-refractivity contribution in [1.29, 1.82) is 0 Å². The number of halogens is 2. The van der Waals surface area contributed by atoms with Gasteiger partial charge in [-0.2, -0.15) is 0 Å². The molecule has 0 spiro atoms. The number of carbonyl (C=O) groups is 1. The van der Waals surface area contributed by atoms with Gasteiger partial charge in [0.1, 0.15) is 12.4 Å². The average Bonchev–Trinajstić information content (AvgIpc) is 3.25. The highest BCUT2D eigenvalue weighted by Gasteiger charge is 2.23. The van der Waals surface area contributed by atoms with Crippen LogP contribution >= 0.6 is 11.3 Å². The summed E-state index contributed by atoms with van der Waals surface area (Å²) >= 11 is 1.52. The lowest BCUT2D eigenvalue weighted by Gasteiger charge is -2.24. The molecule has 0 saturated heterocycles. The molecule has 0 radical (unpaired) electrons. The predicted octanol–water partition coefficient (Wildman–Crippen LogP) is 8.66. The van der Waals surface area contributed by atoms with Crippen molar-refractivity contribution in [2.45, 2.75) is 39.5 Å². The summed E-state index contributed by atoms with van der Waals surface area (Å²) in [5.41, 5.74) is 4.80. The number of hydrogen-bond acceptors (Lipinski definition) is 3. The Morgan fingerprint density at radius 3 is 2.28 bits per heavy atom. The van der Waals surface area contributed by atoms with E-state index in [9.17, 15) is 13.6 Å². The first-order valence-corrected chi connectivity index (χ1v) is 12.4. The summed E-state index contributed by atoms with van der Waals surface area (Å²) in [5, 5.41) is 10.1. The minimum Gasteiger partial charge on any atom is -0.486 e. The maximum Gasteiger partial charge on any atom is 0.328 e.